The van der Waals surface area contributed by atoms with Crippen molar-refractivity contribution in [3.63, 3.8) is 0 Å². The lowest BCUT2D eigenvalue weighted by molar-refractivity contribution is -0.0258. The molecule has 0 saturated carbocycles. The highest BCUT2D eigenvalue weighted by molar-refractivity contribution is 7.89. The second kappa shape index (κ2) is 7.95. The zero-order valence-corrected chi connectivity index (χ0v) is 15.8. The number of ether oxygens (including phenoxy) is 2. The van der Waals surface area contributed by atoms with Gasteiger partial charge in [0.25, 0.3) is 15.9 Å². The summed E-state index contributed by atoms with van der Waals surface area (Å²) in [6, 6.07) is 11.3. The van der Waals surface area contributed by atoms with Gasteiger partial charge in [0.1, 0.15) is 0 Å². The van der Waals surface area contributed by atoms with Gasteiger partial charge in [-0.2, -0.15) is 0 Å². The van der Waals surface area contributed by atoms with Crippen LogP contribution in [0.3, 0.4) is 0 Å². The van der Waals surface area contributed by atoms with Crippen molar-refractivity contribution in [2.45, 2.75) is 11.3 Å². The van der Waals surface area contributed by atoms with Gasteiger partial charge in [-0.05, 0) is 48.4 Å². The number of fused-ring (bicyclic) bond motifs is 1. The van der Waals surface area contributed by atoms with Crippen LogP contribution in [0, 0.1) is 0 Å². The SMILES string of the molecule is CON(C)S(=O)(=O)c1ccc(C(=O)NCCc2ccc3c(c2)OCO3)cc1. The minimum absolute atomic E-state index is 0.0451. The Balaban J connectivity index is 1.57. The Morgan fingerprint density at radius 1 is 1.15 bits per heavy atom. The number of hydrogen-bond acceptors (Lipinski definition) is 6. The van der Waals surface area contributed by atoms with Crippen LogP contribution in [-0.4, -0.2) is 46.3 Å². The van der Waals surface area contributed by atoms with E-state index in [0.29, 0.717) is 24.3 Å². The predicted molar refractivity (Wildman–Crippen MR) is 97.0 cm³/mol. The smallest absolute Gasteiger partial charge is 0.264 e. The molecule has 0 saturated heterocycles. The number of sulfonamides is 1. The van der Waals surface area contributed by atoms with Gasteiger partial charge >= 0.3 is 0 Å². The van der Waals surface area contributed by atoms with E-state index in [9.17, 15) is 13.2 Å². The summed E-state index contributed by atoms with van der Waals surface area (Å²) in [6.45, 7) is 0.659. The van der Waals surface area contributed by atoms with Crippen molar-refractivity contribution < 1.29 is 27.5 Å². The van der Waals surface area contributed by atoms with Gasteiger partial charge in [0.2, 0.25) is 6.79 Å². The van der Waals surface area contributed by atoms with E-state index in [1.165, 1.54) is 38.4 Å². The Morgan fingerprint density at radius 3 is 2.56 bits per heavy atom. The number of nitrogens with zero attached hydrogens (tertiary/aromatic N) is 1. The molecule has 144 valence electrons. The number of amides is 1. The van der Waals surface area contributed by atoms with E-state index in [-0.39, 0.29) is 17.6 Å². The molecule has 1 N–H and O–H groups in total. The van der Waals surface area contributed by atoms with Crippen LogP contribution in [0.4, 0.5) is 0 Å². The number of hydrogen-bond donors (Lipinski definition) is 1. The number of nitrogens with one attached hydrogen (secondary N) is 1. The third kappa shape index (κ3) is 4.21. The second-order valence-electron chi connectivity index (χ2n) is 5.82. The first-order valence-corrected chi connectivity index (χ1v) is 9.65. The number of benzene rings is 2. The highest BCUT2D eigenvalue weighted by Gasteiger charge is 2.21. The predicted octanol–water partition coefficient (Wildman–Crippen LogP) is 1.57. The van der Waals surface area contributed by atoms with Crippen LogP contribution in [0.25, 0.3) is 0 Å². The fourth-order valence-corrected chi connectivity index (χ4v) is 3.52. The Bertz CT molecular complexity index is 927. The lowest BCUT2D eigenvalue weighted by Gasteiger charge is -2.14. The van der Waals surface area contributed by atoms with Crippen molar-refractivity contribution in [2.75, 3.05) is 27.5 Å². The second-order valence-corrected chi connectivity index (χ2v) is 7.75. The molecule has 27 heavy (non-hydrogen) atoms. The average Bonchev–Trinajstić information content (AvgIpc) is 3.15. The molecule has 1 amide bonds. The summed E-state index contributed by atoms with van der Waals surface area (Å²) < 4.78 is 35.6. The highest BCUT2D eigenvalue weighted by atomic mass is 32.2. The fourth-order valence-electron chi connectivity index (χ4n) is 2.54. The Hall–Kier alpha value is -2.62. The lowest BCUT2D eigenvalue weighted by Crippen LogP contribution is -2.27. The number of carbonyl (C=O) groups excluding carboxylic acids is 1. The van der Waals surface area contributed by atoms with Gasteiger partial charge in [0.15, 0.2) is 11.5 Å². The summed E-state index contributed by atoms with van der Waals surface area (Å²) in [6.07, 6.45) is 0.632. The quantitative estimate of drug-likeness (QED) is 0.719. The van der Waals surface area contributed by atoms with Crippen LogP contribution < -0.4 is 14.8 Å². The average molecular weight is 392 g/mol. The van der Waals surface area contributed by atoms with Crippen molar-refractivity contribution >= 4 is 15.9 Å². The van der Waals surface area contributed by atoms with Crippen LogP contribution in [0.2, 0.25) is 0 Å². The maximum atomic E-state index is 12.2. The molecule has 0 unspecified atom stereocenters. The maximum Gasteiger partial charge on any atom is 0.264 e. The normalized spacial score (nSPS) is 13.0. The van der Waals surface area contributed by atoms with Crippen LogP contribution in [0.5, 0.6) is 11.5 Å². The molecule has 0 aliphatic carbocycles. The number of carbonyl (C=O) groups is 1. The molecule has 0 fully saturated rings. The lowest BCUT2D eigenvalue weighted by atomic mass is 10.1. The molecule has 8 nitrogen and oxygen atoms in total. The molecule has 3 rings (SSSR count). The first kappa shape index (κ1) is 19.2. The highest BCUT2D eigenvalue weighted by Crippen LogP contribution is 2.32. The molecular formula is C18H20N2O6S. The van der Waals surface area contributed by atoms with Gasteiger partial charge in [0.05, 0.1) is 12.0 Å². The molecule has 0 atom stereocenters. The van der Waals surface area contributed by atoms with Gasteiger partial charge in [-0.3, -0.25) is 9.63 Å². The summed E-state index contributed by atoms with van der Waals surface area (Å²) >= 11 is 0. The molecule has 0 aromatic heterocycles. The van der Waals surface area contributed by atoms with Gasteiger partial charge in [-0.25, -0.2) is 8.42 Å². The first-order valence-electron chi connectivity index (χ1n) is 8.21. The van der Waals surface area contributed by atoms with E-state index in [4.69, 9.17) is 14.3 Å². The summed E-state index contributed by atoms with van der Waals surface area (Å²) in [5, 5.41) is 2.81. The van der Waals surface area contributed by atoms with Gasteiger partial charge in [0, 0.05) is 19.2 Å². The van der Waals surface area contributed by atoms with E-state index in [0.717, 1.165) is 15.8 Å². The van der Waals surface area contributed by atoms with Crippen molar-refractivity contribution in [3.8, 4) is 11.5 Å². The van der Waals surface area contributed by atoms with Crippen molar-refractivity contribution in [3.05, 3.63) is 53.6 Å². The monoisotopic (exact) mass is 392 g/mol. The van der Waals surface area contributed by atoms with Crippen LogP contribution >= 0.6 is 0 Å². The molecule has 9 heteroatoms. The summed E-state index contributed by atoms with van der Waals surface area (Å²) in [5.41, 5.74) is 1.39. The fraction of sp³-hybridized carbons (Fsp3) is 0.278. The molecule has 0 radical (unpaired) electrons. The van der Waals surface area contributed by atoms with Crippen LogP contribution in [0.1, 0.15) is 15.9 Å². The summed E-state index contributed by atoms with van der Waals surface area (Å²) in [4.78, 5) is 17.0. The van der Waals surface area contributed by atoms with Crippen molar-refractivity contribution in [1.29, 1.82) is 0 Å². The van der Waals surface area contributed by atoms with Crippen molar-refractivity contribution in [2.24, 2.45) is 0 Å². The van der Waals surface area contributed by atoms with E-state index in [1.54, 1.807) is 0 Å². The van der Waals surface area contributed by atoms with Crippen molar-refractivity contribution in [1.82, 2.24) is 9.79 Å². The minimum atomic E-state index is -3.73. The first-order chi connectivity index (χ1) is 12.9. The molecule has 2 aromatic rings. The van der Waals surface area contributed by atoms with E-state index < -0.39 is 10.0 Å². The summed E-state index contributed by atoms with van der Waals surface area (Å²) in [7, 11) is -1.17. The van der Waals surface area contributed by atoms with Gasteiger partial charge in [-0.1, -0.05) is 10.5 Å². The van der Waals surface area contributed by atoms with Gasteiger partial charge < -0.3 is 14.8 Å². The minimum Gasteiger partial charge on any atom is -0.454 e. The zero-order chi connectivity index (χ0) is 19.4. The largest absolute Gasteiger partial charge is 0.454 e. The Kier molecular flexibility index (Phi) is 5.64. The van der Waals surface area contributed by atoms with E-state index in [1.807, 2.05) is 18.2 Å². The molecule has 1 heterocycles. The molecular weight excluding hydrogens is 372 g/mol. The summed E-state index contributed by atoms with van der Waals surface area (Å²) in [5.74, 6) is 1.15. The Morgan fingerprint density at radius 2 is 1.85 bits per heavy atom. The van der Waals surface area contributed by atoms with Gasteiger partial charge in [-0.15, -0.1) is 0 Å². The van der Waals surface area contributed by atoms with Crippen LogP contribution in [-0.2, 0) is 21.3 Å². The third-order valence-corrected chi connectivity index (χ3v) is 5.84. The molecule has 0 bridgehead atoms. The Labute approximate surface area is 157 Å². The van der Waals surface area contributed by atoms with E-state index >= 15 is 0 Å². The maximum absolute atomic E-state index is 12.2. The molecule has 1 aliphatic heterocycles. The van der Waals surface area contributed by atoms with E-state index in [2.05, 4.69) is 5.32 Å². The zero-order valence-electron chi connectivity index (χ0n) is 15.0. The molecule has 2 aromatic carbocycles. The molecule has 1 aliphatic rings. The standard InChI is InChI=1S/C18H20N2O6S/c1-20(24-2)27(22,23)15-6-4-14(5-7-15)18(21)19-10-9-13-3-8-16-17(11-13)26-12-25-16/h3-8,11H,9-10,12H2,1-2H3,(H,19,21). The molecule has 0 spiro atoms. The third-order valence-electron chi connectivity index (χ3n) is 4.15. The van der Waals surface area contributed by atoms with Crippen LogP contribution in [0.15, 0.2) is 47.4 Å². The number of rotatable bonds is 7. The topological polar surface area (TPSA) is 94.2 Å². The number of hydroxylamine groups is 1.